The lowest BCUT2D eigenvalue weighted by atomic mass is 9.96. The Hall–Kier alpha value is -1.49. The third-order valence-corrected chi connectivity index (χ3v) is 3.10. The van der Waals surface area contributed by atoms with Crippen LogP contribution in [0.1, 0.15) is 23.7 Å². The summed E-state index contributed by atoms with van der Waals surface area (Å²) in [7, 11) is 0. The SMILES string of the molecule is CC1CN(C(=O)c2cncc(F)c2)CCC1O. The zero-order valence-corrected chi connectivity index (χ0v) is 9.64. The zero-order valence-electron chi connectivity index (χ0n) is 9.64. The van der Waals surface area contributed by atoms with E-state index in [9.17, 15) is 14.3 Å². The number of piperidine rings is 1. The lowest BCUT2D eigenvalue weighted by Crippen LogP contribution is -2.45. The van der Waals surface area contributed by atoms with Crippen LogP contribution in [0.5, 0.6) is 0 Å². The molecule has 1 aromatic rings. The molecule has 2 atom stereocenters. The Balaban J connectivity index is 2.10. The largest absolute Gasteiger partial charge is 0.393 e. The summed E-state index contributed by atoms with van der Waals surface area (Å²) in [6, 6.07) is 1.19. The summed E-state index contributed by atoms with van der Waals surface area (Å²) < 4.78 is 13.0. The zero-order chi connectivity index (χ0) is 12.4. The molecule has 1 fully saturated rings. The van der Waals surface area contributed by atoms with E-state index < -0.39 is 5.82 Å². The van der Waals surface area contributed by atoms with Crippen molar-refractivity contribution in [2.45, 2.75) is 19.4 Å². The van der Waals surface area contributed by atoms with Gasteiger partial charge in [-0.1, -0.05) is 6.92 Å². The first-order chi connectivity index (χ1) is 8.08. The van der Waals surface area contributed by atoms with Crippen LogP contribution in [0.4, 0.5) is 4.39 Å². The van der Waals surface area contributed by atoms with Crippen LogP contribution in [0.2, 0.25) is 0 Å². The monoisotopic (exact) mass is 238 g/mol. The number of hydrogen-bond acceptors (Lipinski definition) is 3. The number of aromatic nitrogens is 1. The van der Waals surface area contributed by atoms with Crippen molar-refractivity contribution in [3.05, 3.63) is 29.8 Å². The summed E-state index contributed by atoms with van der Waals surface area (Å²) in [6.07, 6.45) is 2.64. The fourth-order valence-corrected chi connectivity index (χ4v) is 2.03. The van der Waals surface area contributed by atoms with Gasteiger partial charge in [-0.3, -0.25) is 9.78 Å². The normalized spacial score (nSPS) is 24.8. The molecular formula is C12H15FN2O2. The van der Waals surface area contributed by atoms with Crippen LogP contribution in [0.3, 0.4) is 0 Å². The van der Waals surface area contributed by atoms with E-state index in [2.05, 4.69) is 4.98 Å². The Bertz CT molecular complexity index is 425. The number of amides is 1. The predicted octanol–water partition coefficient (Wildman–Crippen LogP) is 1.06. The fourth-order valence-electron chi connectivity index (χ4n) is 2.03. The van der Waals surface area contributed by atoms with E-state index in [0.29, 0.717) is 19.5 Å². The van der Waals surface area contributed by atoms with Crippen molar-refractivity contribution in [1.29, 1.82) is 0 Å². The number of aliphatic hydroxyl groups is 1. The van der Waals surface area contributed by atoms with Gasteiger partial charge in [0, 0.05) is 19.3 Å². The molecule has 5 heteroatoms. The molecule has 1 aliphatic heterocycles. The van der Waals surface area contributed by atoms with Gasteiger partial charge >= 0.3 is 0 Å². The van der Waals surface area contributed by atoms with Crippen LogP contribution < -0.4 is 0 Å². The maximum atomic E-state index is 13.0. The molecule has 2 heterocycles. The Kier molecular flexibility index (Phi) is 3.38. The second-order valence-electron chi connectivity index (χ2n) is 4.48. The van der Waals surface area contributed by atoms with E-state index >= 15 is 0 Å². The number of rotatable bonds is 1. The summed E-state index contributed by atoms with van der Waals surface area (Å²) >= 11 is 0. The van der Waals surface area contributed by atoms with Crippen molar-refractivity contribution in [2.24, 2.45) is 5.92 Å². The molecule has 1 aromatic heterocycles. The summed E-state index contributed by atoms with van der Waals surface area (Å²) in [5, 5.41) is 9.58. The number of carbonyl (C=O) groups excluding carboxylic acids is 1. The molecule has 0 radical (unpaired) electrons. The van der Waals surface area contributed by atoms with Gasteiger partial charge in [-0.2, -0.15) is 0 Å². The van der Waals surface area contributed by atoms with E-state index in [1.165, 1.54) is 12.3 Å². The Morgan fingerprint density at radius 1 is 1.59 bits per heavy atom. The molecule has 0 bridgehead atoms. The molecule has 2 unspecified atom stereocenters. The minimum absolute atomic E-state index is 0.0502. The maximum absolute atomic E-state index is 13.0. The van der Waals surface area contributed by atoms with Gasteiger partial charge in [0.1, 0.15) is 5.82 Å². The molecule has 1 aliphatic rings. The van der Waals surface area contributed by atoms with E-state index in [0.717, 1.165) is 6.20 Å². The number of nitrogens with zero attached hydrogens (tertiary/aromatic N) is 2. The Morgan fingerprint density at radius 3 is 3.00 bits per heavy atom. The highest BCUT2D eigenvalue weighted by atomic mass is 19.1. The van der Waals surface area contributed by atoms with Crippen molar-refractivity contribution < 1.29 is 14.3 Å². The lowest BCUT2D eigenvalue weighted by molar-refractivity contribution is 0.0297. The number of hydrogen-bond donors (Lipinski definition) is 1. The molecular weight excluding hydrogens is 223 g/mol. The molecule has 0 saturated carbocycles. The molecule has 4 nitrogen and oxygen atoms in total. The van der Waals surface area contributed by atoms with Crippen LogP contribution in [0.15, 0.2) is 18.5 Å². The highest BCUT2D eigenvalue weighted by molar-refractivity contribution is 5.94. The van der Waals surface area contributed by atoms with Gasteiger partial charge in [-0.15, -0.1) is 0 Å². The quantitative estimate of drug-likeness (QED) is 0.796. The lowest BCUT2D eigenvalue weighted by Gasteiger charge is -2.34. The van der Waals surface area contributed by atoms with E-state index in [4.69, 9.17) is 0 Å². The summed E-state index contributed by atoms with van der Waals surface area (Å²) in [4.78, 5) is 17.3. The molecule has 17 heavy (non-hydrogen) atoms. The van der Waals surface area contributed by atoms with Crippen molar-refractivity contribution in [3.63, 3.8) is 0 Å². The fraction of sp³-hybridized carbons (Fsp3) is 0.500. The number of aliphatic hydroxyl groups excluding tert-OH is 1. The minimum Gasteiger partial charge on any atom is -0.393 e. The number of halogens is 1. The van der Waals surface area contributed by atoms with E-state index in [-0.39, 0.29) is 23.5 Å². The first-order valence-electron chi connectivity index (χ1n) is 5.66. The first kappa shape index (κ1) is 12.0. The van der Waals surface area contributed by atoms with Gasteiger partial charge in [-0.25, -0.2) is 4.39 Å². The number of likely N-dealkylation sites (tertiary alicyclic amines) is 1. The van der Waals surface area contributed by atoms with Crippen molar-refractivity contribution in [2.75, 3.05) is 13.1 Å². The number of pyridine rings is 1. The Morgan fingerprint density at radius 2 is 2.35 bits per heavy atom. The predicted molar refractivity (Wildman–Crippen MR) is 59.9 cm³/mol. The average molecular weight is 238 g/mol. The average Bonchev–Trinajstić information content (AvgIpc) is 2.32. The second kappa shape index (κ2) is 4.79. The summed E-state index contributed by atoms with van der Waals surface area (Å²) in [5.74, 6) is -0.689. The summed E-state index contributed by atoms with van der Waals surface area (Å²) in [6.45, 7) is 2.89. The van der Waals surface area contributed by atoms with Crippen LogP contribution in [0, 0.1) is 11.7 Å². The first-order valence-corrected chi connectivity index (χ1v) is 5.66. The molecule has 1 N–H and O–H groups in total. The molecule has 0 aromatic carbocycles. The van der Waals surface area contributed by atoms with Gasteiger partial charge < -0.3 is 10.0 Å². The molecule has 2 rings (SSSR count). The van der Waals surface area contributed by atoms with E-state index in [1.807, 2.05) is 6.92 Å². The van der Waals surface area contributed by atoms with Gasteiger partial charge in [0.05, 0.1) is 17.9 Å². The van der Waals surface area contributed by atoms with Crippen molar-refractivity contribution in [3.8, 4) is 0 Å². The van der Waals surface area contributed by atoms with Gasteiger partial charge in [-0.05, 0) is 18.4 Å². The van der Waals surface area contributed by atoms with Gasteiger partial charge in [0.15, 0.2) is 0 Å². The van der Waals surface area contributed by atoms with Crippen LogP contribution in [0.25, 0.3) is 0 Å². The molecule has 92 valence electrons. The van der Waals surface area contributed by atoms with Crippen molar-refractivity contribution in [1.82, 2.24) is 9.88 Å². The topological polar surface area (TPSA) is 53.4 Å². The van der Waals surface area contributed by atoms with Crippen LogP contribution >= 0.6 is 0 Å². The standard InChI is InChI=1S/C12H15FN2O2/c1-8-7-15(3-2-11(8)16)12(17)9-4-10(13)6-14-5-9/h4-6,8,11,16H,2-3,7H2,1H3. The van der Waals surface area contributed by atoms with Gasteiger partial charge in [0.25, 0.3) is 5.91 Å². The summed E-state index contributed by atoms with van der Waals surface area (Å²) in [5.41, 5.74) is 0.258. The van der Waals surface area contributed by atoms with E-state index in [1.54, 1.807) is 4.90 Å². The van der Waals surface area contributed by atoms with Crippen LogP contribution in [-0.2, 0) is 0 Å². The number of carbonyl (C=O) groups is 1. The molecule has 0 spiro atoms. The second-order valence-corrected chi connectivity index (χ2v) is 4.48. The molecule has 1 amide bonds. The Labute approximate surface area is 99.1 Å². The smallest absolute Gasteiger partial charge is 0.255 e. The van der Waals surface area contributed by atoms with Crippen LogP contribution in [-0.4, -0.2) is 40.1 Å². The third-order valence-electron chi connectivity index (χ3n) is 3.10. The van der Waals surface area contributed by atoms with Gasteiger partial charge in [0.2, 0.25) is 0 Å². The molecule has 0 aliphatic carbocycles. The molecule has 1 saturated heterocycles. The highest BCUT2D eigenvalue weighted by Gasteiger charge is 2.27. The van der Waals surface area contributed by atoms with Crippen molar-refractivity contribution >= 4 is 5.91 Å². The third kappa shape index (κ3) is 2.61. The minimum atomic E-state index is -0.513. The highest BCUT2D eigenvalue weighted by Crippen LogP contribution is 2.18. The maximum Gasteiger partial charge on any atom is 0.255 e.